The second kappa shape index (κ2) is 9.87. The van der Waals surface area contributed by atoms with Crippen LogP contribution in [-0.4, -0.2) is 53.4 Å². The molecule has 22 heavy (non-hydrogen) atoms. The highest BCUT2D eigenvalue weighted by Gasteiger charge is 2.21. The Labute approximate surface area is 145 Å². The Morgan fingerprint density at radius 3 is 2.36 bits per heavy atom. The molecule has 0 saturated carbocycles. The summed E-state index contributed by atoms with van der Waals surface area (Å²) in [6.45, 7) is 9.15. The molecule has 1 aromatic rings. The maximum absolute atomic E-state index is 12.2. The summed E-state index contributed by atoms with van der Waals surface area (Å²) in [5.74, 6) is 0.836. The number of hydrogen-bond acceptors (Lipinski definition) is 4. The van der Waals surface area contributed by atoms with E-state index in [-0.39, 0.29) is 30.7 Å². The van der Waals surface area contributed by atoms with E-state index in [0.29, 0.717) is 18.0 Å². The third-order valence-corrected chi connectivity index (χ3v) is 3.53. The molecule has 0 aliphatic carbocycles. The number of pyridine rings is 1. The van der Waals surface area contributed by atoms with E-state index in [0.717, 1.165) is 38.4 Å². The predicted molar refractivity (Wildman–Crippen MR) is 94.7 cm³/mol. The van der Waals surface area contributed by atoms with E-state index in [4.69, 9.17) is 5.73 Å². The Morgan fingerprint density at radius 1 is 1.23 bits per heavy atom. The van der Waals surface area contributed by atoms with Crippen molar-refractivity contribution in [3.05, 3.63) is 24.0 Å². The van der Waals surface area contributed by atoms with Crippen molar-refractivity contribution in [3.8, 4) is 0 Å². The van der Waals surface area contributed by atoms with Crippen LogP contribution in [0.2, 0.25) is 0 Å². The molecule has 1 aliphatic heterocycles. The molecule has 2 N–H and O–H groups in total. The van der Waals surface area contributed by atoms with E-state index < -0.39 is 0 Å². The zero-order chi connectivity index (χ0) is 14.5. The Bertz CT molecular complexity index is 445. The van der Waals surface area contributed by atoms with Gasteiger partial charge in [-0.3, -0.25) is 14.7 Å². The molecule has 2 heterocycles. The summed E-state index contributed by atoms with van der Waals surface area (Å²) in [6, 6.07) is 3.61. The second-order valence-electron chi connectivity index (χ2n) is 5.83. The second-order valence-corrected chi connectivity index (χ2v) is 5.83. The van der Waals surface area contributed by atoms with Gasteiger partial charge in [-0.15, -0.1) is 24.8 Å². The van der Waals surface area contributed by atoms with E-state index in [1.165, 1.54) is 0 Å². The van der Waals surface area contributed by atoms with Crippen molar-refractivity contribution in [2.75, 3.05) is 38.5 Å². The van der Waals surface area contributed by atoms with E-state index in [1.807, 2.05) is 11.0 Å². The molecule has 1 amide bonds. The molecule has 2 rings (SSSR count). The van der Waals surface area contributed by atoms with Crippen molar-refractivity contribution in [1.82, 2.24) is 14.8 Å². The van der Waals surface area contributed by atoms with Gasteiger partial charge >= 0.3 is 0 Å². The lowest BCUT2D eigenvalue weighted by atomic mass is 10.2. The van der Waals surface area contributed by atoms with Crippen LogP contribution >= 0.6 is 24.8 Å². The van der Waals surface area contributed by atoms with Crippen LogP contribution in [0, 0.1) is 5.92 Å². The van der Waals surface area contributed by atoms with Crippen molar-refractivity contribution in [2.45, 2.75) is 20.3 Å². The van der Waals surface area contributed by atoms with Gasteiger partial charge < -0.3 is 10.6 Å². The number of piperazine rings is 1. The first-order valence-electron chi connectivity index (χ1n) is 7.25. The van der Waals surface area contributed by atoms with Gasteiger partial charge in [0.1, 0.15) is 0 Å². The summed E-state index contributed by atoms with van der Waals surface area (Å²) in [7, 11) is 0. The van der Waals surface area contributed by atoms with Crippen molar-refractivity contribution in [2.24, 2.45) is 5.92 Å². The summed E-state index contributed by atoms with van der Waals surface area (Å²) in [5, 5.41) is 0. The minimum atomic E-state index is 0. The number of carbonyl (C=O) groups is 1. The van der Waals surface area contributed by atoms with Gasteiger partial charge in [-0.1, -0.05) is 13.8 Å². The van der Waals surface area contributed by atoms with E-state index in [2.05, 4.69) is 23.7 Å². The van der Waals surface area contributed by atoms with Crippen LogP contribution < -0.4 is 5.73 Å². The molecule has 126 valence electrons. The molecule has 5 nitrogen and oxygen atoms in total. The number of anilines is 1. The summed E-state index contributed by atoms with van der Waals surface area (Å²) < 4.78 is 0. The van der Waals surface area contributed by atoms with E-state index in [9.17, 15) is 4.79 Å². The minimum absolute atomic E-state index is 0. The average Bonchev–Trinajstić information content (AvgIpc) is 2.41. The van der Waals surface area contributed by atoms with Crippen molar-refractivity contribution < 1.29 is 4.79 Å². The Morgan fingerprint density at radius 2 is 1.86 bits per heavy atom. The monoisotopic (exact) mass is 348 g/mol. The van der Waals surface area contributed by atoms with Gasteiger partial charge in [0.15, 0.2) is 0 Å². The molecule has 0 bridgehead atoms. The third kappa shape index (κ3) is 6.38. The molecule has 1 saturated heterocycles. The number of halogens is 2. The Balaban J connectivity index is 0.00000220. The first kappa shape index (κ1) is 21.0. The first-order chi connectivity index (χ1) is 9.54. The molecule has 1 aliphatic rings. The maximum atomic E-state index is 12.2. The molecule has 0 aromatic carbocycles. The summed E-state index contributed by atoms with van der Waals surface area (Å²) in [6.07, 6.45) is 1.97. The fraction of sp³-hybridized carbons (Fsp3) is 0.600. The number of amides is 1. The minimum Gasteiger partial charge on any atom is -0.397 e. The molecule has 0 atom stereocenters. The molecule has 1 fully saturated rings. The van der Waals surface area contributed by atoms with Gasteiger partial charge in [-0.2, -0.15) is 0 Å². The van der Waals surface area contributed by atoms with Crippen LogP contribution in [0.25, 0.3) is 0 Å². The lowest BCUT2D eigenvalue weighted by Crippen LogP contribution is -2.49. The van der Waals surface area contributed by atoms with Crippen LogP contribution in [0.4, 0.5) is 5.69 Å². The van der Waals surface area contributed by atoms with Crippen molar-refractivity contribution >= 4 is 36.4 Å². The highest BCUT2D eigenvalue weighted by atomic mass is 35.5. The van der Waals surface area contributed by atoms with Crippen LogP contribution in [0.3, 0.4) is 0 Å². The lowest BCUT2D eigenvalue weighted by Gasteiger charge is -2.35. The number of rotatable bonds is 4. The van der Waals surface area contributed by atoms with Gasteiger partial charge in [-0.25, -0.2) is 0 Å². The highest BCUT2D eigenvalue weighted by Crippen LogP contribution is 2.08. The van der Waals surface area contributed by atoms with E-state index in [1.54, 1.807) is 12.3 Å². The van der Waals surface area contributed by atoms with Crippen LogP contribution in [0.1, 0.15) is 19.5 Å². The standard InChI is InChI=1S/C15H24N4O.2ClH/c1-12(2)11-18-5-7-19(8-6-18)15(20)9-14-4-3-13(16)10-17-14;;/h3-4,10,12H,5-9,11,16H2,1-2H3;2*1H. The van der Waals surface area contributed by atoms with E-state index >= 15 is 0 Å². The number of nitrogen functional groups attached to an aromatic ring is 1. The van der Waals surface area contributed by atoms with Crippen LogP contribution in [0.5, 0.6) is 0 Å². The van der Waals surface area contributed by atoms with Gasteiger partial charge in [0.25, 0.3) is 0 Å². The Hall–Kier alpha value is -1.04. The Kier molecular flexibility index (Phi) is 9.41. The van der Waals surface area contributed by atoms with Crippen LogP contribution in [-0.2, 0) is 11.2 Å². The zero-order valence-corrected chi connectivity index (χ0v) is 14.8. The largest absolute Gasteiger partial charge is 0.397 e. The molecule has 0 spiro atoms. The van der Waals surface area contributed by atoms with Crippen molar-refractivity contribution in [3.63, 3.8) is 0 Å². The number of carbonyl (C=O) groups excluding carboxylic acids is 1. The highest BCUT2D eigenvalue weighted by molar-refractivity contribution is 5.85. The maximum Gasteiger partial charge on any atom is 0.228 e. The zero-order valence-electron chi connectivity index (χ0n) is 13.2. The quantitative estimate of drug-likeness (QED) is 0.901. The SMILES string of the molecule is CC(C)CN1CCN(C(=O)Cc2ccc(N)cn2)CC1.Cl.Cl. The normalized spacial score (nSPS) is 15.1. The van der Waals surface area contributed by atoms with Gasteiger partial charge in [-0.05, 0) is 18.1 Å². The summed E-state index contributed by atoms with van der Waals surface area (Å²) in [5.41, 5.74) is 7.01. The lowest BCUT2D eigenvalue weighted by molar-refractivity contribution is -0.132. The van der Waals surface area contributed by atoms with Gasteiger partial charge in [0, 0.05) is 38.4 Å². The van der Waals surface area contributed by atoms with Crippen LogP contribution in [0.15, 0.2) is 18.3 Å². The predicted octanol–water partition coefficient (Wildman–Crippen LogP) is 1.85. The molecular formula is C15H26Cl2N4O. The number of nitrogens with two attached hydrogens (primary N) is 1. The molecule has 1 aromatic heterocycles. The number of aromatic nitrogens is 1. The third-order valence-electron chi connectivity index (χ3n) is 3.53. The topological polar surface area (TPSA) is 62.5 Å². The molecular weight excluding hydrogens is 323 g/mol. The number of nitrogens with zero attached hydrogens (tertiary/aromatic N) is 3. The fourth-order valence-corrected chi connectivity index (χ4v) is 2.50. The number of hydrogen-bond donors (Lipinski definition) is 1. The fourth-order valence-electron chi connectivity index (χ4n) is 2.50. The first-order valence-corrected chi connectivity index (χ1v) is 7.25. The van der Waals surface area contributed by atoms with Gasteiger partial charge in [0.2, 0.25) is 5.91 Å². The van der Waals surface area contributed by atoms with Crippen molar-refractivity contribution in [1.29, 1.82) is 0 Å². The average molecular weight is 349 g/mol. The molecule has 7 heteroatoms. The molecule has 0 unspecified atom stereocenters. The smallest absolute Gasteiger partial charge is 0.228 e. The van der Waals surface area contributed by atoms with Gasteiger partial charge in [0.05, 0.1) is 18.3 Å². The summed E-state index contributed by atoms with van der Waals surface area (Å²) >= 11 is 0. The summed E-state index contributed by atoms with van der Waals surface area (Å²) in [4.78, 5) is 20.8. The molecule has 0 radical (unpaired) electrons.